The van der Waals surface area contributed by atoms with Gasteiger partial charge in [-0.15, -0.1) is 0 Å². The lowest BCUT2D eigenvalue weighted by Crippen LogP contribution is -2.25. The number of carbonyl (C=O) groups is 1. The van der Waals surface area contributed by atoms with Crippen LogP contribution in [0.2, 0.25) is 0 Å². The molecule has 0 saturated heterocycles. The molecule has 134 valence electrons. The molecule has 0 aliphatic carbocycles. The fourth-order valence-electron chi connectivity index (χ4n) is 3.19. The molecule has 1 atom stereocenters. The van der Waals surface area contributed by atoms with Crippen molar-refractivity contribution in [2.75, 3.05) is 0 Å². The molecule has 1 unspecified atom stereocenters. The first kappa shape index (κ1) is 17.5. The van der Waals surface area contributed by atoms with Gasteiger partial charge in [0, 0.05) is 28.0 Å². The van der Waals surface area contributed by atoms with E-state index in [9.17, 15) is 4.79 Å². The minimum Gasteiger partial charge on any atom is -0.451 e. The minimum absolute atomic E-state index is 0.140. The average Bonchev–Trinajstić information content (AvgIpc) is 3.13. The van der Waals surface area contributed by atoms with Crippen LogP contribution in [0.25, 0.3) is 15.0 Å². The molecule has 0 spiro atoms. The molecular formula is C24H21O2S+. The lowest BCUT2D eigenvalue weighted by atomic mass is 9.98. The molecule has 3 aromatic carbocycles. The summed E-state index contributed by atoms with van der Waals surface area (Å²) in [5, 5.41) is 3.46. The van der Waals surface area contributed by atoms with Crippen LogP contribution in [-0.4, -0.2) is 5.97 Å². The van der Waals surface area contributed by atoms with E-state index in [0.29, 0.717) is 5.56 Å². The molecule has 27 heavy (non-hydrogen) atoms. The summed E-state index contributed by atoms with van der Waals surface area (Å²) >= 11 is 0. The van der Waals surface area contributed by atoms with Gasteiger partial charge in [-0.1, -0.05) is 48.5 Å². The molecular weight excluding hydrogens is 352 g/mol. The Hall–Kier alpha value is -2.91. The van der Waals surface area contributed by atoms with E-state index in [1.165, 1.54) is 10.1 Å². The molecule has 0 N–H and O–H groups in total. The van der Waals surface area contributed by atoms with Crippen LogP contribution < -0.4 is 0 Å². The van der Waals surface area contributed by atoms with E-state index >= 15 is 0 Å². The van der Waals surface area contributed by atoms with Crippen molar-refractivity contribution in [1.29, 1.82) is 0 Å². The molecule has 0 bridgehead atoms. The summed E-state index contributed by atoms with van der Waals surface area (Å²) in [7, 11) is -0.140. The highest BCUT2D eigenvalue weighted by Gasteiger charge is 2.26. The fraction of sp³-hybridized carbons (Fsp3) is 0.125. The number of fused-ring (bicyclic) bond motifs is 1. The zero-order valence-corrected chi connectivity index (χ0v) is 16.2. The van der Waals surface area contributed by atoms with Crippen LogP contribution >= 0.6 is 10.5 Å². The molecule has 4 aromatic rings. The maximum atomic E-state index is 12.8. The Morgan fingerprint density at radius 3 is 2.41 bits per heavy atom. The van der Waals surface area contributed by atoms with Crippen LogP contribution in [0.15, 0.2) is 90.3 Å². The van der Waals surface area contributed by atoms with Crippen LogP contribution in [-0.2, 0) is 10.3 Å². The number of thiophene rings is 1. The standard InChI is InChI=1S/C24H21O2S/c1-24(2,20-11-4-3-5-12-20)26-23(25)19-10-8-13-21(17-19)27-16-15-18-9-6-7-14-22(18)27/h3-17H,1-2H3/q+1. The maximum absolute atomic E-state index is 12.8. The van der Waals surface area contributed by atoms with Crippen molar-refractivity contribution in [2.45, 2.75) is 19.4 Å². The molecule has 0 radical (unpaired) electrons. The van der Waals surface area contributed by atoms with Gasteiger partial charge >= 0.3 is 5.97 Å². The van der Waals surface area contributed by atoms with E-state index in [4.69, 9.17) is 4.74 Å². The van der Waals surface area contributed by atoms with E-state index in [2.05, 4.69) is 41.8 Å². The minimum atomic E-state index is -0.684. The van der Waals surface area contributed by atoms with Crippen molar-refractivity contribution in [2.24, 2.45) is 0 Å². The zero-order valence-electron chi connectivity index (χ0n) is 15.4. The molecule has 1 aromatic heterocycles. The number of esters is 1. The van der Waals surface area contributed by atoms with Crippen molar-refractivity contribution in [3.63, 3.8) is 0 Å². The second-order valence-electron chi connectivity index (χ2n) is 6.97. The van der Waals surface area contributed by atoms with E-state index in [1.807, 2.05) is 62.4 Å². The summed E-state index contributed by atoms with van der Waals surface area (Å²) in [6, 6.07) is 28.2. The van der Waals surface area contributed by atoms with Crippen molar-refractivity contribution in [3.05, 3.63) is 101 Å². The number of rotatable bonds is 4. The molecule has 0 aliphatic rings. The van der Waals surface area contributed by atoms with Gasteiger partial charge in [0.15, 0.2) is 9.60 Å². The predicted octanol–water partition coefficient (Wildman–Crippen LogP) is 6.67. The quantitative estimate of drug-likeness (QED) is 0.295. The van der Waals surface area contributed by atoms with Gasteiger partial charge in [0.1, 0.15) is 11.0 Å². The van der Waals surface area contributed by atoms with E-state index in [-0.39, 0.29) is 16.4 Å². The van der Waals surface area contributed by atoms with E-state index in [0.717, 1.165) is 10.5 Å². The summed E-state index contributed by atoms with van der Waals surface area (Å²) in [6.07, 6.45) is 0. The third-order valence-electron chi connectivity index (χ3n) is 4.68. The van der Waals surface area contributed by atoms with Gasteiger partial charge in [0.25, 0.3) is 0 Å². The number of hydrogen-bond acceptors (Lipinski definition) is 2. The molecule has 0 amide bonds. The Morgan fingerprint density at radius 2 is 1.59 bits per heavy atom. The second kappa shape index (κ2) is 7.01. The Balaban J connectivity index is 1.64. The molecule has 0 aliphatic heterocycles. The Kier molecular flexibility index (Phi) is 4.54. The molecule has 0 saturated carbocycles. The SMILES string of the molecule is CC(C)(OC(=O)c1cccc(-[s+]2ccc3ccccc32)c1)c1ccccc1. The average molecular weight is 373 g/mol. The van der Waals surface area contributed by atoms with Crippen molar-refractivity contribution >= 4 is 26.5 Å². The largest absolute Gasteiger partial charge is 0.451 e. The summed E-state index contributed by atoms with van der Waals surface area (Å²) in [6.45, 7) is 3.84. The van der Waals surface area contributed by atoms with Gasteiger partial charge in [-0.05, 0) is 43.7 Å². The molecule has 4 rings (SSSR count). The number of carbonyl (C=O) groups excluding carboxylic acids is 1. The third-order valence-corrected chi connectivity index (χ3v) is 6.70. The van der Waals surface area contributed by atoms with Crippen molar-refractivity contribution in [1.82, 2.24) is 0 Å². The Labute approximate surface area is 162 Å². The lowest BCUT2D eigenvalue weighted by Gasteiger charge is -2.25. The van der Waals surface area contributed by atoms with Crippen LogP contribution in [0.1, 0.15) is 29.8 Å². The fourth-order valence-corrected chi connectivity index (χ4v) is 5.12. The molecule has 3 heteroatoms. The number of hydrogen-bond donors (Lipinski definition) is 0. The third kappa shape index (κ3) is 3.51. The normalized spacial score (nSPS) is 12.1. The number of ether oxygens (including phenoxy) is 1. The van der Waals surface area contributed by atoms with Gasteiger partial charge in [-0.3, -0.25) is 0 Å². The lowest BCUT2D eigenvalue weighted by molar-refractivity contribution is -0.00311. The van der Waals surface area contributed by atoms with Gasteiger partial charge in [-0.2, -0.15) is 0 Å². The first-order valence-electron chi connectivity index (χ1n) is 8.94. The molecule has 2 nitrogen and oxygen atoms in total. The van der Waals surface area contributed by atoms with Gasteiger partial charge in [0.2, 0.25) is 0 Å². The Morgan fingerprint density at radius 1 is 0.852 bits per heavy atom. The highest BCUT2D eigenvalue weighted by atomic mass is 32.2. The zero-order chi connectivity index (χ0) is 18.9. The number of benzene rings is 3. The summed E-state index contributed by atoms with van der Waals surface area (Å²) in [4.78, 5) is 13.9. The predicted molar refractivity (Wildman–Crippen MR) is 113 cm³/mol. The van der Waals surface area contributed by atoms with E-state index < -0.39 is 5.60 Å². The topological polar surface area (TPSA) is 26.3 Å². The summed E-state index contributed by atoms with van der Waals surface area (Å²) in [5.74, 6) is -0.300. The summed E-state index contributed by atoms with van der Waals surface area (Å²) < 4.78 is 7.14. The van der Waals surface area contributed by atoms with Gasteiger partial charge < -0.3 is 4.74 Å². The summed E-state index contributed by atoms with van der Waals surface area (Å²) in [5.41, 5.74) is 0.877. The molecule has 1 heterocycles. The highest BCUT2D eigenvalue weighted by molar-refractivity contribution is 7.43. The van der Waals surface area contributed by atoms with Crippen LogP contribution in [0, 0.1) is 0 Å². The first-order valence-corrected chi connectivity index (χ1v) is 10.2. The maximum Gasteiger partial charge on any atom is 0.339 e. The van der Waals surface area contributed by atoms with Crippen molar-refractivity contribution in [3.8, 4) is 4.90 Å². The van der Waals surface area contributed by atoms with Crippen LogP contribution in [0.3, 0.4) is 0 Å². The smallest absolute Gasteiger partial charge is 0.339 e. The van der Waals surface area contributed by atoms with Crippen molar-refractivity contribution < 1.29 is 9.53 Å². The van der Waals surface area contributed by atoms with Gasteiger partial charge in [0.05, 0.1) is 5.56 Å². The van der Waals surface area contributed by atoms with Crippen LogP contribution in [0.5, 0.6) is 0 Å². The second-order valence-corrected chi connectivity index (χ2v) is 8.83. The van der Waals surface area contributed by atoms with Gasteiger partial charge in [-0.25, -0.2) is 4.79 Å². The Bertz CT molecular complexity index is 1090. The van der Waals surface area contributed by atoms with Crippen LogP contribution in [0.4, 0.5) is 0 Å². The molecule has 0 fully saturated rings. The first-order chi connectivity index (χ1) is 13.0. The monoisotopic (exact) mass is 373 g/mol. The highest BCUT2D eigenvalue weighted by Crippen LogP contribution is 2.40. The van der Waals surface area contributed by atoms with E-state index in [1.54, 1.807) is 0 Å².